The van der Waals surface area contributed by atoms with Gasteiger partial charge in [-0.05, 0) is 62.1 Å². The number of carbonyl (C=O) groups is 1. The van der Waals surface area contributed by atoms with Gasteiger partial charge in [-0.3, -0.25) is 4.79 Å². The fourth-order valence-electron chi connectivity index (χ4n) is 3.88. The topological polar surface area (TPSA) is 104 Å². The maximum atomic E-state index is 12.0. The number of nitrogens with one attached hydrogen (secondary N) is 1. The Balaban J connectivity index is 1.45. The van der Waals surface area contributed by atoms with Crippen LogP contribution in [0.2, 0.25) is 10.0 Å². The Labute approximate surface area is 193 Å². The maximum Gasteiger partial charge on any atom is 0.271 e. The van der Waals surface area contributed by atoms with Gasteiger partial charge in [-0.15, -0.1) is 5.10 Å². The number of benzene rings is 2. The van der Waals surface area contributed by atoms with Gasteiger partial charge in [-0.1, -0.05) is 34.5 Å². The Morgan fingerprint density at radius 3 is 2.47 bits per heavy atom. The highest BCUT2D eigenvalue weighted by molar-refractivity contribution is 6.37. The molecular formula is C22H19Cl2N7O. The Morgan fingerprint density at radius 2 is 1.75 bits per heavy atom. The number of hydrogen-bond acceptors (Lipinski definition) is 5. The van der Waals surface area contributed by atoms with Gasteiger partial charge < -0.3 is 11.1 Å². The summed E-state index contributed by atoms with van der Waals surface area (Å²) in [4.78, 5) is 12.0. The minimum atomic E-state index is -0.666. The summed E-state index contributed by atoms with van der Waals surface area (Å²) in [5, 5.41) is 16.9. The van der Waals surface area contributed by atoms with E-state index in [2.05, 4.69) is 20.7 Å². The zero-order valence-corrected chi connectivity index (χ0v) is 18.4. The van der Waals surface area contributed by atoms with Crippen molar-refractivity contribution in [2.24, 2.45) is 5.73 Å². The van der Waals surface area contributed by atoms with E-state index in [0.717, 1.165) is 42.8 Å². The average Bonchev–Trinajstić information content (AvgIpc) is 3.39. The lowest BCUT2D eigenvalue weighted by Crippen LogP contribution is -2.14. The highest BCUT2D eigenvalue weighted by Crippen LogP contribution is 2.31. The van der Waals surface area contributed by atoms with Gasteiger partial charge in [-0.25, -0.2) is 9.36 Å². The number of carbonyl (C=O) groups excluding carboxylic acids is 1. The van der Waals surface area contributed by atoms with Gasteiger partial charge in [0.25, 0.3) is 5.91 Å². The first-order chi connectivity index (χ1) is 15.5. The molecule has 10 heteroatoms. The summed E-state index contributed by atoms with van der Waals surface area (Å²) < 4.78 is 3.34. The normalized spacial score (nSPS) is 13.1. The van der Waals surface area contributed by atoms with E-state index in [4.69, 9.17) is 28.9 Å². The van der Waals surface area contributed by atoms with Crippen LogP contribution in [0.4, 0.5) is 11.4 Å². The van der Waals surface area contributed by atoms with Gasteiger partial charge in [0.05, 0.1) is 39.0 Å². The SMILES string of the molecule is NC(=O)c1nn(-c2c(Cl)cccc2Cl)cc1Nc1ccc(-n2nnc3c2CCCC3)cc1. The van der Waals surface area contributed by atoms with Crippen molar-refractivity contribution in [1.82, 2.24) is 24.8 Å². The third kappa shape index (κ3) is 3.72. The van der Waals surface area contributed by atoms with Crippen LogP contribution in [0, 0.1) is 0 Å². The second-order valence-corrected chi connectivity index (χ2v) is 8.36. The molecule has 2 aromatic carbocycles. The summed E-state index contributed by atoms with van der Waals surface area (Å²) >= 11 is 12.6. The Kier molecular flexibility index (Phi) is 5.32. The van der Waals surface area contributed by atoms with Crippen molar-refractivity contribution in [3.05, 3.63) is 75.8 Å². The van der Waals surface area contributed by atoms with E-state index in [0.29, 0.717) is 21.4 Å². The molecule has 3 N–H and O–H groups in total. The molecule has 0 aliphatic heterocycles. The third-order valence-corrected chi connectivity index (χ3v) is 6.04. The minimum absolute atomic E-state index is 0.0791. The molecule has 5 rings (SSSR count). The van der Waals surface area contributed by atoms with E-state index >= 15 is 0 Å². The lowest BCUT2D eigenvalue weighted by Gasteiger charge is -2.12. The molecule has 32 heavy (non-hydrogen) atoms. The van der Waals surface area contributed by atoms with Crippen LogP contribution in [0.3, 0.4) is 0 Å². The number of anilines is 2. The molecule has 1 aliphatic rings. The van der Waals surface area contributed by atoms with Gasteiger partial charge in [0, 0.05) is 5.69 Å². The summed E-state index contributed by atoms with van der Waals surface area (Å²) in [6.07, 6.45) is 5.90. The fraction of sp³-hybridized carbons (Fsp3) is 0.182. The predicted octanol–water partition coefficient (Wildman–Crippen LogP) is 4.48. The largest absolute Gasteiger partial charge is 0.364 e. The minimum Gasteiger partial charge on any atom is -0.364 e. The van der Waals surface area contributed by atoms with E-state index in [1.807, 2.05) is 28.9 Å². The van der Waals surface area contributed by atoms with Crippen molar-refractivity contribution >= 4 is 40.5 Å². The summed E-state index contributed by atoms with van der Waals surface area (Å²) in [6, 6.07) is 12.8. The molecule has 1 aliphatic carbocycles. The van der Waals surface area contributed by atoms with Crippen LogP contribution in [0.25, 0.3) is 11.4 Å². The molecule has 0 radical (unpaired) electrons. The zero-order valence-electron chi connectivity index (χ0n) is 16.9. The number of aryl methyl sites for hydroxylation is 1. The van der Waals surface area contributed by atoms with Gasteiger partial charge in [-0.2, -0.15) is 5.10 Å². The standard InChI is InChI=1S/C22H19Cl2N7O/c23-15-4-3-5-16(24)21(15)30-12-18(20(28-30)22(25)32)26-13-8-10-14(11-9-13)31-19-7-2-1-6-17(19)27-29-31/h3-5,8-12,26H,1-2,6-7H2,(H2,25,32). The van der Waals surface area contributed by atoms with Crippen molar-refractivity contribution < 1.29 is 4.79 Å². The van der Waals surface area contributed by atoms with Crippen LogP contribution in [-0.2, 0) is 12.8 Å². The number of primary amides is 1. The number of nitrogens with two attached hydrogens (primary N) is 1. The Bertz CT molecular complexity index is 1290. The molecule has 0 fully saturated rings. The first kappa shape index (κ1) is 20.5. The number of rotatable bonds is 5. The fourth-order valence-corrected chi connectivity index (χ4v) is 4.45. The van der Waals surface area contributed by atoms with Crippen molar-refractivity contribution in [1.29, 1.82) is 0 Å². The van der Waals surface area contributed by atoms with E-state index in [1.54, 1.807) is 24.4 Å². The summed E-state index contributed by atoms with van der Waals surface area (Å²) in [5.74, 6) is -0.666. The molecule has 0 unspecified atom stereocenters. The Morgan fingerprint density at radius 1 is 1.03 bits per heavy atom. The number of halogens is 2. The second kappa shape index (κ2) is 8.29. The van der Waals surface area contributed by atoms with Gasteiger partial charge in [0.2, 0.25) is 0 Å². The molecule has 0 bridgehead atoms. The van der Waals surface area contributed by atoms with E-state index in [-0.39, 0.29) is 5.69 Å². The van der Waals surface area contributed by atoms with Crippen LogP contribution in [-0.4, -0.2) is 30.7 Å². The smallest absolute Gasteiger partial charge is 0.271 e. The van der Waals surface area contributed by atoms with E-state index in [1.165, 1.54) is 10.4 Å². The first-order valence-electron chi connectivity index (χ1n) is 10.2. The molecule has 0 atom stereocenters. The number of hydrogen-bond donors (Lipinski definition) is 2. The quantitative estimate of drug-likeness (QED) is 0.450. The molecule has 162 valence electrons. The molecule has 1 amide bonds. The monoisotopic (exact) mass is 467 g/mol. The maximum absolute atomic E-state index is 12.0. The summed E-state index contributed by atoms with van der Waals surface area (Å²) in [6.45, 7) is 0. The number of aromatic nitrogens is 5. The molecular weight excluding hydrogens is 449 g/mol. The number of fused-ring (bicyclic) bond motifs is 1. The van der Waals surface area contributed by atoms with Crippen LogP contribution in [0.15, 0.2) is 48.7 Å². The third-order valence-electron chi connectivity index (χ3n) is 5.43. The van der Waals surface area contributed by atoms with Crippen molar-refractivity contribution in [2.45, 2.75) is 25.7 Å². The molecule has 0 saturated heterocycles. The molecule has 8 nitrogen and oxygen atoms in total. The highest BCUT2D eigenvalue weighted by Gasteiger charge is 2.19. The average molecular weight is 468 g/mol. The van der Waals surface area contributed by atoms with Crippen LogP contribution in [0.5, 0.6) is 0 Å². The number of nitrogens with zero attached hydrogens (tertiary/aromatic N) is 5. The van der Waals surface area contributed by atoms with Crippen molar-refractivity contribution in [2.75, 3.05) is 5.32 Å². The zero-order chi connectivity index (χ0) is 22.2. The molecule has 2 heterocycles. The highest BCUT2D eigenvalue weighted by atomic mass is 35.5. The molecule has 0 saturated carbocycles. The van der Waals surface area contributed by atoms with E-state index < -0.39 is 5.91 Å². The number of para-hydroxylation sites is 1. The van der Waals surface area contributed by atoms with Crippen molar-refractivity contribution in [3.8, 4) is 11.4 Å². The predicted molar refractivity (Wildman–Crippen MR) is 123 cm³/mol. The summed E-state index contributed by atoms with van der Waals surface area (Å²) in [5.41, 5.74) is 10.5. The van der Waals surface area contributed by atoms with Gasteiger partial charge in [0.1, 0.15) is 5.69 Å². The summed E-state index contributed by atoms with van der Waals surface area (Å²) in [7, 11) is 0. The van der Waals surface area contributed by atoms with Gasteiger partial charge >= 0.3 is 0 Å². The molecule has 4 aromatic rings. The molecule has 0 spiro atoms. The van der Waals surface area contributed by atoms with Crippen molar-refractivity contribution in [3.63, 3.8) is 0 Å². The Hall–Kier alpha value is -3.36. The lowest BCUT2D eigenvalue weighted by molar-refractivity contribution is 0.0996. The van der Waals surface area contributed by atoms with E-state index in [9.17, 15) is 4.79 Å². The lowest BCUT2D eigenvalue weighted by atomic mass is 10.0. The first-order valence-corrected chi connectivity index (χ1v) is 10.9. The number of amides is 1. The van der Waals surface area contributed by atoms with Crippen LogP contribution in [0.1, 0.15) is 34.7 Å². The van der Waals surface area contributed by atoms with Crippen LogP contribution < -0.4 is 11.1 Å². The second-order valence-electron chi connectivity index (χ2n) is 7.54. The van der Waals surface area contributed by atoms with Crippen LogP contribution >= 0.6 is 23.2 Å². The van der Waals surface area contributed by atoms with Gasteiger partial charge in [0.15, 0.2) is 5.69 Å². The molecule has 2 aromatic heterocycles.